The van der Waals surface area contributed by atoms with Gasteiger partial charge in [0.15, 0.2) is 0 Å². The summed E-state index contributed by atoms with van der Waals surface area (Å²) in [6, 6.07) is 4.37. The van der Waals surface area contributed by atoms with Crippen LogP contribution >= 0.6 is 0 Å². The largest absolute Gasteiger partial charge is 0.416 e. The molecule has 0 spiro atoms. The van der Waals surface area contributed by atoms with E-state index in [1.165, 1.54) is 12.1 Å². The number of rotatable bonds is 1. The quantitative estimate of drug-likeness (QED) is 0.817. The van der Waals surface area contributed by atoms with Gasteiger partial charge < -0.3 is 5.32 Å². The van der Waals surface area contributed by atoms with Gasteiger partial charge in [-0.3, -0.25) is 4.79 Å². The van der Waals surface area contributed by atoms with E-state index in [9.17, 15) is 18.0 Å². The van der Waals surface area contributed by atoms with Gasteiger partial charge in [0.25, 0.3) is 5.91 Å². The van der Waals surface area contributed by atoms with Gasteiger partial charge in [0, 0.05) is 11.1 Å². The Bertz CT molecular complexity index is 419. The van der Waals surface area contributed by atoms with Crippen LogP contribution in [-0.4, -0.2) is 11.4 Å². The number of carbonyl (C=O) groups is 1. The molecule has 2 nitrogen and oxygen atoms in total. The third kappa shape index (κ3) is 4.77. The summed E-state index contributed by atoms with van der Waals surface area (Å²) < 4.78 is 37.3. The molecule has 0 fully saturated rings. The van der Waals surface area contributed by atoms with Crippen LogP contribution in [0.4, 0.5) is 13.2 Å². The van der Waals surface area contributed by atoms with Crippen molar-refractivity contribution in [3.05, 3.63) is 35.4 Å². The Morgan fingerprint density at radius 1 is 1.17 bits per heavy atom. The lowest BCUT2D eigenvalue weighted by Gasteiger charge is -2.20. The highest BCUT2D eigenvalue weighted by Crippen LogP contribution is 2.29. The highest BCUT2D eigenvalue weighted by Gasteiger charge is 2.31. The van der Waals surface area contributed by atoms with E-state index in [-0.39, 0.29) is 13.0 Å². The van der Waals surface area contributed by atoms with E-state index < -0.39 is 23.2 Å². The molecular weight excluding hydrogens is 243 g/mol. The van der Waals surface area contributed by atoms with Crippen molar-refractivity contribution in [3.8, 4) is 0 Å². The van der Waals surface area contributed by atoms with Crippen LogP contribution in [0.5, 0.6) is 0 Å². The molecule has 0 radical (unpaired) electrons. The van der Waals surface area contributed by atoms with Crippen molar-refractivity contribution < 1.29 is 18.0 Å². The predicted octanol–water partition coefficient (Wildman–Crippen LogP) is 3.87. The maximum Gasteiger partial charge on any atom is 0.416 e. The second-order valence-electron chi connectivity index (χ2n) is 4.78. The summed E-state index contributed by atoms with van der Waals surface area (Å²) in [5, 5.41) is 2.61. The number of carbonyl (C=O) groups excluding carboxylic acids is 1. The van der Waals surface area contributed by atoms with Crippen molar-refractivity contribution in [1.29, 1.82) is 0 Å². The third-order valence-corrected chi connectivity index (χ3v) is 1.94. The Labute approximate surface area is 105 Å². The third-order valence-electron chi connectivity index (χ3n) is 1.94. The summed E-state index contributed by atoms with van der Waals surface area (Å²) in [6.45, 7) is 5.29. The van der Waals surface area contributed by atoms with Gasteiger partial charge in [-0.05, 0) is 39.0 Å². The van der Waals surface area contributed by atoms with Crippen molar-refractivity contribution in [2.45, 2.75) is 39.9 Å². The Balaban J connectivity index is 0.00000289. The fourth-order valence-electron chi connectivity index (χ4n) is 1.25. The molecule has 18 heavy (non-hydrogen) atoms. The van der Waals surface area contributed by atoms with Gasteiger partial charge in [-0.15, -0.1) is 0 Å². The summed E-state index contributed by atoms with van der Waals surface area (Å²) in [5.74, 6) is -0.511. The van der Waals surface area contributed by atoms with Crippen LogP contribution in [-0.2, 0) is 6.18 Å². The average molecular weight is 261 g/mol. The Kier molecular flexibility index (Phi) is 4.96. The molecule has 0 atom stereocenters. The van der Waals surface area contributed by atoms with Crippen molar-refractivity contribution >= 4 is 5.91 Å². The zero-order valence-corrected chi connectivity index (χ0v) is 9.85. The monoisotopic (exact) mass is 261 g/mol. The summed E-state index contributed by atoms with van der Waals surface area (Å²) >= 11 is 0. The number of hydrogen-bond acceptors (Lipinski definition) is 1. The number of amides is 1. The second-order valence-corrected chi connectivity index (χ2v) is 4.78. The lowest BCUT2D eigenvalue weighted by atomic mass is 10.1. The highest BCUT2D eigenvalue weighted by molar-refractivity contribution is 5.94. The van der Waals surface area contributed by atoms with E-state index in [0.717, 1.165) is 12.1 Å². The van der Waals surface area contributed by atoms with Crippen molar-refractivity contribution in [3.63, 3.8) is 0 Å². The minimum absolute atomic E-state index is 0. The Hall–Kier alpha value is -1.52. The van der Waals surface area contributed by atoms with Crippen molar-refractivity contribution in [1.82, 2.24) is 5.32 Å². The molecule has 1 rings (SSSR count). The van der Waals surface area contributed by atoms with E-state index in [2.05, 4.69) is 5.32 Å². The topological polar surface area (TPSA) is 29.1 Å². The SMILES string of the molecule is C.CC(C)(C)NC(=O)c1cccc(C(F)(F)F)c1. The molecule has 0 saturated heterocycles. The molecule has 1 aromatic carbocycles. The van der Waals surface area contributed by atoms with E-state index in [1.807, 2.05) is 0 Å². The smallest absolute Gasteiger partial charge is 0.347 e. The average Bonchev–Trinajstić information content (AvgIpc) is 2.14. The molecule has 1 amide bonds. The van der Waals surface area contributed by atoms with E-state index in [0.29, 0.717) is 0 Å². The number of benzene rings is 1. The fourth-order valence-corrected chi connectivity index (χ4v) is 1.25. The van der Waals surface area contributed by atoms with Crippen LogP contribution in [0.2, 0.25) is 0 Å². The minimum atomic E-state index is -4.43. The van der Waals surface area contributed by atoms with Gasteiger partial charge in [-0.25, -0.2) is 0 Å². The van der Waals surface area contributed by atoms with Gasteiger partial charge in [0.2, 0.25) is 0 Å². The Morgan fingerprint density at radius 3 is 2.17 bits per heavy atom. The fraction of sp³-hybridized carbons (Fsp3) is 0.462. The van der Waals surface area contributed by atoms with E-state index in [1.54, 1.807) is 20.8 Å². The molecule has 0 saturated carbocycles. The molecule has 1 N–H and O–H groups in total. The first kappa shape index (κ1) is 16.5. The van der Waals surface area contributed by atoms with Gasteiger partial charge in [-0.2, -0.15) is 13.2 Å². The molecular formula is C13H18F3NO. The molecule has 0 bridgehead atoms. The number of nitrogens with one attached hydrogen (secondary N) is 1. The normalized spacial score (nSPS) is 11.7. The van der Waals surface area contributed by atoms with E-state index in [4.69, 9.17) is 0 Å². The lowest BCUT2D eigenvalue weighted by Crippen LogP contribution is -2.40. The summed E-state index contributed by atoms with van der Waals surface area (Å²) in [5.41, 5.74) is -1.29. The van der Waals surface area contributed by atoms with Crippen LogP contribution < -0.4 is 5.32 Å². The zero-order valence-electron chi connectivity index (χ0n) is 9.85. The second kappa shape index (κ2) is 5.42. The van der Waals surface area contributed by atoms with Gasteiger partial charge >= 0.3 is 6.18 Å². The minimum Gasteiger partial charge on any atom is -0.347 e. The van der Waals surface area contributed by atoms with Crippen molar-refractivity contribution in [2.24, 2.45) is 0 Å². The first-order valence-corrected chi connectivity index (χ1v) is 5.09. The van der Waals surface area contributed by atoms with Crippen molar-refractivity contribution in [2.75, 3.05) is 0 Å². The first-order chi connectivity index (χ1) is 7.59. The highest BCUT2D eigenvalue weighted by atomic mass is 19.4. The summed E-state index contributed by atoms with van der Waals surface area (Å²) in [6.07, 6.45) is -4.43. The number of halogens is 3. The number of alkyl halides is 3. The molecule has 102 valence electrons. The predicted molar refractivity (Wildman–Crippen MR) is 65.4 cm³/mol. The maximum atomic E-state index is 12.4. The maximum absolute atomic E-state index is 12.4. The molecule has 0 heterocycles. The standard InChI is InChI=1S/C12H14F3NO.CH4/c1-11(2,3)16-10(17)8-5-4-6-9(7-8)12(13,14)15;/h4-7H,1-3H3,(H,16,17);1H4. The molecule has 0 aromatic heterocycles. The van der Waals surface area contributed by atoms with E-state index >= 15 is 0 Å². The van der Waals surface area contributed by atoms with Gasteiger partial charge in [0.05, 0.1) is 5.56 Å². The molecule has 0 aliphatic heterocycles. The zero-order chi connectivity index (χ0) is 13.3. The molecule has 5 heteroatoms. The van der Waals surface area contributed by atoms with Gasteiger partial charge in [-0.1, -0.05) is 13.5 Å². The summed E-state index contributed by atoms with van der Waals surface area (Å²) in [7, 11) is 0. The lowest BCUT2D eigenvalue weighted by molar-refractivity contribution is -0.137. The molecule has 0 unspecified atom stereocenters. The summed E-state index contributed by atoms with van der Waals surface area (Å²) in [4.78, 5) is 11.7. The Morgan fingerprint density at radius 2 is 1.72 bits per heavy atom. The number of hydrogen-bond donors (Lipinski definition) is 1. The van der Waals surface area contributed by atoms with Crippen LogP contribution in [0, 0.1) is 0 Å². The van der Waals surface area contributed by atoms with Gasteiger partial charge in [0.1, 0.15) is 0 Å². The van der Waals surface area contributed by atoms with Crippen LogP contribution in [0.3, 0.4) is 0 Å². The van der Waals surface area contributed by atoms with Crippen LogP contribution in [0.1, 0.15) is 44.1 Å². The van der Waals surface area contributed by atoms with Crippen LogP contribution in [0.25, 0.3) is 0 Å². The molecule has 0 aliphatic rings. The first-order valence-electron chi connectivity index (χ1n) is 5.09. The molecule has 1 aromatic rings. The van der Waals surface area contributed by atoms with Crippen LogP contribution in [0.15, 0.2) is 24.3 Å². The molecule has 0 aliphatic carbocycles.